The summed E-state index contributed by atoms with van der Waals surface area (Å²) >= 11 is 1.29. The Labute approximate surface area is 173 Å². The van der Waals surface area contributed by atoms with Gasteiger partial charge in [0.25, 0.3) is 0 Å². The Kier molecular flexibility index (Phi) is 6.31. The average Bonchev–Trinajstić information content (AvgIpc) is 3.16. The van der Waals surface area contributed by atoms with E-state index in [1.807, 2.05) is 31.2 Å². The van der Waals surface area contributed by atoms with Crippen molar-refractivity contribution >= 4 is 27.3 Å². The number of nitrogens with zero attached hydrogens (tertiary/aromatic N) is 1. The third-order valence-electron chi connectivity index (χ3n) is 4.04. The third kappa shape index (κ3) is 5.00. The number of nitrogens with one attached hydrogen (secondary N) is 1. The van der Waals surface area contributed by atoms with Gasteiger partial charge in [-0.25, -0.2) is 18.2 Å². The maximum Gasteiger partial charge on any atom is 0.330 e. The molecule has 1 aromatic heterocycles. The van der Waals surface area contributed by atoms with E-state index >= 15 is 0 Å². The lowest BCUT2D eigenvalue weighted by molar-refractivity contribution is -0.136. The molecule has 0 fully saturated rings. The van der Waals surface area contributed by atoms with Crippen LogP contribution in [0, 0.1) is 6.92 Å². The topological polar surface area (TPSA) is 94.6 Å². The zero-order valence-corrected chi connectivity index (χ0v) is 17.7. The second-order valence-corrected chi connectivity index (χ2v) is 8.84. The Hall–Kier alpha value is -2.75. The molecule has 0 aliphatic carbocycles. The van der Waals surface area contributed by atoms with Crippen LogP contribution in [0.2, 0.25) is 0 Å². The van der Waals surface area contributed by atoms with Crippen molar-refractivity contribution in [3.05, 3.63) is 59.5 Å². The highest BCUT2D eigenvalue weighted by atomic mass is 32.2. The summed E-state index contributed by atoms with van der Waals surface area (Å²) in [5.41, 5.74) is 1.71. The lowest BCUT2D eigenvalue weighted by atomic mass is 10.2. The number of aryl methyl sites for hydroxylation is 1. The van der Waals surface area contributed by atoms with Crippen LogP contribution in [0.25, 0.3) is 10.6 Å². The average molecular weight is 433 g/mol. The van der Waals surface area contributed by atoms with E-state index in [1.165, 1.54) is 30.4 Å². The molecule has 0 spiro atoms. The molecule has 152 valence electrons. The van der Waals surface area contributed by atoms with Crippen LogP contribution in [0.3, 0.4) is 0 Å². The van der Waals surface area contributed by atoms with E-state index in [-0.39, 0.29) is 10.8 Å². The number of carbonyl (C=O) groups is 1. The van der Waals surface area contributed by atoms with E-state index < -0.39 is 22.0 Å². The van der Waals surface area contributed by atoms with Gasteiger partial charge in [0, 0.05) is 0 Å². The van der Waals surface area contributed by atoms with Crippen molar-refractivity contribution in [1.82, 2.24) is 9.71 Å². The molecule has 0 aliphatic heterocycles. The predicted octanol–water partition coefficient (Wildman–Crippen LogP) is 3.40. The number of thiazole rings is 1. The fourth-order valence-corrected chi connectivity index (χ4v) is 4.45. The first-order valence-electron chi connectivity index (χ1n) is 8.70. The van der Waals surface area contributed by atoms with Gasteiger partial charge in [-0.1, -0.05) is 29.8 Å². The number of rotatable bonds is 7. The van der Waals surface area contributed by atoms with E-state index in [4.69, 9.17) is 9.47 Å². The first-order chi connectivity index (χ1) is 13.8. The fourth-order valence-electron chi connectivity index (χ4n) is 2.51. The van der Waals surface area contributed by atoms with Crippen LogP contribution >= 0.6 is 11.3 Å². The highest BCUT2D eigenvalue weighted by Crippen LogP contribution is 2.33. The van der Waals surface area contributed by atoms with E-state index in [2.05, 4.69) is 9.71 Å². The van der Waals surface area contributed by atoms with Gasteiger partial charge in [0.2, 0.25) is 15.9 Å². The SMILES string of the molecule is COc1ccccc1-c1nc(OC(=O)[C@H](C)NS(=O)(=O)c2ccc(C)cc2)cs1. The van der Waals surface area contributed by atoms with Crippen molar-refractivity contribution < 1.29 is 22.7 Å². The third-order valence-corrected chi connectivity index (χ3v) is 6.45. The van der Waals surface area contributed by atoms with E-state index in [9.17, 15) is 13.2 Å². The Balaban J connectivity index is 1.69. The zero-order valence-electron chi connectivity index (χ0n) is 16.1. The molecule has 0 unspecified atom stereocenters. The lowest BCUT2D eigenvalue weighted by Gasteiger charge is -2.12. The van der Waals surface area contributed by atoms with E-state index in [1.54, 1.807) is 24.6 Å². The van der Waals surface area contributed by atoms with E-state index in [0.717, 1.165) is 11.1 Å². The second kappa shape index (κ2) is 8.73. The molecule has 1 heterocycles. The number of hydrogen-bond acceptors (Lipinski definition) is 7. The van der Waals surface area contributed by atoms with Crippen molar-refractivity contribution in [2.75, 3.05) is 7.11 Å². The Bertz CT molecular complexity index is 1110. The number of aromatic nitrogens is 1. The molecular weight excluding hydrogens is 412 g/mol. The molecule has 0 bridgehead atoms. The number of carbonyl (C=O) groups excluding carboxylic acids is 1. The Morgan fingerprint density at radius 2 is 1.83 bits per heavy atom. The molecule has 9 heteroatoms. The number of para-hydroxylation sites is 1. The summed E-state index contributed by atoms with van der Waals surface area (Å²) in [6, 6.07) is 12.6. The molecule has 1 atom stereocenters. The number of esters is 1. The number of ether oxygens (including phenoxy) is 2. The molecular formula is C20H20N2O5S2. The first-order valence-corrected chi connectivity index (χ1v) is 11.1. The van der Waals surface area contributed by atoms with Crippen LogP contribution in [-0.4, -0.2) is 32.5 Å². The number of sulfonamides is 1. The van der Waals surface area contributed by atoms with Gasteiger partial charge in [-0.3, -0.25) is 0 Å². The summed E-state index contributed by atoms with van der Waals surface area (Å²) in [5, 5.41) is 2.21. The number of hydrogen-bond donors (Lipinski definition) is 1. The van der Waals surface area contributed by atoms with Crippen LogP contribution in [0.5, 0.6) is 11.6 Å². The second-order valence-electron chi connectivity index (χ2n) is 6.27. The van der Waals surface area contributed by atoms with Crippen LogP contribution in [0.15, 0.2) is 58.8 Å². The molecule has 2 aromatic carbocycles. The molecule has 0 amide bonds. The first kappa shape index (κ1) is 21.0. The molecule has 0 aliphatic rings. The zero-order chi connectivity index (χ0) is 21.0. The maximum absolute atomic E-state index is 12.4. The summed E-state index contributed by atoms with van der Waals surface area (Å²) in [5.74, 6) is -0.00111. The van der Waals surface area contributed by atoms with Gasteiger partial charge in [-0.05, 0) is 38.1 Å². The highest BCUT2D eigenvalue weighted by Gasteiger charge is 2.24. The minimum absolute atomic E-state index is 0.0786. The van der Waals surface area contributed by atoms with Crippen LogP contribution in [-0.2, 0) is 14.8 Å². The normalized spacial score (nSPS) is 12.4. The molecule has 0 radical (unpaired) electrons. The van der Waals surface area contributed by atoms with Gasteiger partial charge in [0.05, 0.1) is 22.9 Å². The molecule has 1 N–H and O–H groups in total. The van der Waals surface area contributed by atoms with Crippen molar-refractivity contribution in [2.24, 2.45) is 0 Å². The molecule has 3 aromatic rings. The predicted molar refractivity (Wildman–Crippen MR) is 111 cm³/mol. The van der Waals surface area contributed by atoms with Gasteiger partial charge in [0.15, 0.2) is 0 Å². The number of methoxy groups -OCH3 is 1. The Morgan fingerprint density at radius 3 is 2.52 bits per heavy atom. The summed E-state index contributed by atoms with van der Waals surface area (Å²) in [7, 11) is -2.28. The lowest BCUT2D eigenvalue weighted by Crippen LogP contribution is -2.40. The fraction of sp³-hybridized carbons (Fsp3) is 0.200. The van der Waals surface area contributed by atoms with Crippen LogP contribution in [0.1, 0.15) is 12.5 Å². The standard InChI is InChI=1S/C20H20N2O5S2/c1-13-8-10-15(11-9-13)29(24,25)22-14(2)20(23)27-18-12-28-19(21-18)16-6-4-5-7-17(16)26-3/h4-12,14,22H,1-3H3/t14-/m0/s1. The van der Waals surface area contributed by atoms with Gasteiger partial charge in [-0.2, -0.15) is 4.72 Å². The van der Waals surface area contributed by atoms with Crippen molar-refractivity contribution in [2.45, 2.75) is 24.8 Å². The molecule has 7 nitrogen and oxygen atoms in total. The minimum atomic E-state index is -3.85. The maximum atomic E-state index is 12.4. The van der Waals surface area contributed by atoms with Gasteiger partial charge < -0.3 is 9.47 Å². The summed E-state index contributed by atoms with van der Waals surface area (Å²) in [6.45, 7) is 3.28. The molecule has 3 rings (SSSR count). The minimum Gasteiger partial charge on any atom is -0.496 e. The summed E-state index contributed by atoms with van der Waals surface area (Å²) in [4.78, 5) is 16.7. The highest BCUT2D eigenvalue weighted by molar-refractivity contribution is 7.89. The van der Waals surface area contributed by atoms with Crippen LogP contribution in [0.4, 0.5) is 0 Å². The summed E-state index contributed by atoms with van der Waals surface area (Å²) in [6.07, 6.45) is 0. The van der Waals surface area contributed by atoms with Crippen molar-refractivity contribution in [1.29, 1.82) is 0 Å². The smallest absolute Gasteiger partial charge is 0.330 e. The monoisotopic (exact) mass is 432 g/mol. The van der Waals surface area contributed by atoms with Crippen molar-refractivity contribution in [3.63, 3.8) is 0 Å². The van der Waals surface area contributed by atoms with Crippen LogP contribution < -0.4 is 14.2 Å². The quantitative estimate of drug-likeness (QED) is 0.575. The van der Waals surface area contributed by atoms with Gasteiger partial charge >= 0.3 is 5.97 Å². The largest absolute Gasteiger partial charge is 0.496 e. The molecule has 0 saturated heterocycles. The van der Waals surface area contributed by atoms with Gasteiger partial charge in [-0.15, -0.1) is 11.3 Å². The Morgan fingerprint density at radius 1 is 1.14 bits per heavy atom. The van der Waals surface area contributed by atoms with Crippen molar-refractivity contribution in [3.8, 4) is 22.2 Å². The molecule has 29 heavy (non-hydrogen) atoms. The number of benzene rings is 2. The van der Waals surface area contributed by atoms with Gasteiger partial charge in [0.1, 0.15) is 16.8 Å². The summed E-state index contributed by atoms with van der Waals surface area (Å²) < 4.78 is 37.7. The van der Waals surface area contributed by atoms with E-state index in [0.29, 0.717) is 10.8 Å². The molecule has 0 saturated carbocycles.